The molecule has 0 amide bonds. The van der Waals surface area contributed by atoms with Gasteiger partial charge in [-0.3, -0.25) is 9.88 Å². The van der Waals surface area contributed by atoms with Gasteiger partial charge in [-0.05, 0) is 31.5 Å². The molecular formula is C14H17N3O4. The Bertz CT molecular complexity index is 515. The minimum absolute atomic E-state index is 0.417. The number of likely N-dealkylation sites (tertiary alicyclic amines) is 1. The molecule has 1 aromatic heterocycles. The Hall–Kier alpha value is -2.46. The van der Waals surface area contributed by atoms with Gasteiger partial charge in [0.05, 0.1) is 12.5 Å². The highest BCUT2D eigenvalue weighted by molar-refractivity contribution is 6.27. The molecule has 1 saturated heterocycles. The number of carbonyl (C=O) groups is 2. The summed E-state index contributed by atoms with van der Waals surface area (Å²) < 4.78 is 0. The van der Waals surface area contributed by atoms with Crippen LogP contribution in [0.5, 0.6) is 0 Å². The van der Waals surface area contributed by atoms with E-state index in [-0.39, 0.29) is 0 Å². The van der Waals surface area contributed by atoms with Gasteiger partial charge < -0.3 is 10.2 Å². The third kappa shape index (κ3) is 4.85. The van der Waals surface area contributed by atoms with Crippen molar-refractivity contribution in [1.82, 2.24) is 9.88 Å². The fraction of sp³-hybridized carbons (Fsp3) is 0.429. The predicted octanol–water partition coefficient (Wildman–Crippen LogP) is 1.29. The molecule has 0 aromatic carbocycles. The van der Waals surface area contributed by atoms with Crippen LogP contribution >= 0.6 is 0 Å². The van der Waals surface area contributed by atoms with Crippen LogP contribution in [-0.4, -0.2) is 45.1 Å². The second kappa shape index (κ2) is 7.97. The fourth-order valence-corrected chi connectivity index (χ4v) is 2.34. The summed E-state index contributed by atoms with van der Waals surface area (Å²) in [6.07, 6.45) is 6.60. The molecule has 1 aliphatic heterocycles. The molecule has 1 aliphatic rings. The minimum Gasteiger partial charge on any atom is -0.473 e. The molecule has 0 saturated carbocycles. The van der Waals surface area contributed by atoms with Crippen LogP contribution in [0.25, 0.3) is 0 Å². The largest absolute Gasteiger partial charge is 0.473 e. The number of rotatable bonds is 2. The Balaban J connectivity index is 0.000000315. The molecule has 7 heteroatoms. The minimum atomic E-state index is -1.82. The van der Waals surface area contributed by atoms with E-state index in [0.29, 0.717) is 18.5 Å². The summed E-state index contributed by atoms with van der Waals surface area (Å²) in [5, 5.41) is 23.5. The normalized spacial score (nSPS) is 21.0. The number of hydrogen-bond donors (Lipinski definition) is 2. The molecule has 2 heterocycles. The van der Waals surface area contributed by atoms with Crippen LogP contribution in [-0.2, 0) is 9.59 Å². The van der Waals surface area contributed by atoms with Gasteiger partial charge in [0.2, 0.25) is 0 Å². The van der Waals surface area contributed by atoms with E-state index >= 15 is 0 Å². The summed E-state index contributed by atoms with van der Waals surface area (Å²) in [7, 11) is 2.10. The summed E-state index contributed by atoms with van der Waals surface area (Å²) in [4.78, 5) is 24.6. The Morgan fingerprint density at radius 3 is 2.57 bits per heavy atom. The van der Waals surface area contributed by atoms with Crippen LogP contribution in [0.4, 0.5) is 0 Å². The maximum atomic E-state index is 9.10. The standard InChI is InChI=1S/C12H15N3.C2H2O4/c1-15-11(6-7-13)4-5-12(15)10-3-2-8-14-9-10;3-1(4)2(5)6/h2-3,8-9,11-12H,4-6H2,1H3;(H,3,4)(H,5,6)/t11?,12-;/m0./s1. The molecule has 1 fully saturated rings. The average molecular weight is 291 g/mol. The summed E-state index contributed by atoms with van der Waals surface area (Å²) in [6, 6.07) is 7.20. The summed E-state index contributed by atoms with van der Waals surface area (Å²) in [6.45, 7) is 0. The summed E-state index contributed by atoms with van der Waals surface area (Å²) >= 11 is 0. The van der Waals surface area contributed by atoms with Crippen LogP contribution in [0.1, 0.15) is 30.9 Å². The highest BCUT2D eigenvalue weighted by atomic mass is 16.4. The van der Waals surface area contributed by atoms with Gasteiger partial charge >= 0.3 is 11.9 Å². The van der Waals surface area contributed by atoms with Crippen molar-refractivity contribution in [2.24, 2.45) is 0 Å². The second-order valence-electron chi connectivity index (χ2n) is 4.67. The molecule has 7 nitrogen and oxygen atoms in total. The Morgan fingerprint density at radius 1 is 1.43 bits per heavy atom. The van der Waals surface area contributed by atoms with Gasteiger partial charge in [-0.1, -0.05) is 6.07 Å². The van der Waals surface area contributed by atoms with E-state index < -0.39 is 11.9 Å². The number of aliphatic carboxylic acids is 2. The third-order valence-corrected chi connectivity index (χ3v) is 3.42. The topological polar surface area (TPSA) is 115 Å². The number of pyridine rings is 1. The van der Waals surface area contributed by atoms with Gasteiger partial charge in [-0.25, -0.2) is 9.59 Å². The SMILES string of the molecule is CN1C(CC#N)CC[C@H]1c1cccnc1.O=C(O)C(=O)O. The van der Waals surface area contributed by atoms with Crippen molar-refractivity contribution in [2.45, 2.75) is 31.3 Å². The van der Waals surface area contributed by atoms with E-state index in [4.69, 9.17) is 25.1 Å². The number of carboxylic acids is 2. The zero-order chi connectivity index (χ0) is 15.8. The number of aromatic nitrogens is 1. The van der Waals surface area contributed by atoms with Crippen molar-refractivity contribution in [3.63, 3.8) is 0 Å². The van der Waals surface area contributed by atoms with Crippen molar-refractivity contribution >= 4 is 11.9 Å². The Labute approximate surface area is 122 Å². The van der Waals surface area contributed by atoms with Crippen LogP contribution in [0.2, 0.25) is 0 Å². The lowest BCUT2D eigenvalue weighted by Gasteiger charge is -2.24. The number of nitrogens with zero attached hydrogens (tertiary/aromatic N) is 3. The molecule has 2 atom stereocenters. The summed E-state index contributed by atoms with van der Waals surface area (Å²) in [5.41, 5.74) is 1.26. The van der Waals surface area contributed by atoms with E-state index in [2.05, 4.69) is 29.1 Å². The zero-order valence-corrected chi connectivity index (χ0v) is 11.6. The molecular weight excluding hydrogens is 274 g/mol. The first-order chi connectivity index (χ1) is 9.97. The molecule has 0 aliphatic carbocycles. The first-order valence-electron chi connectivity index (χ1n) is 6.42. The molecule has 2 rings (SSSR count). The third-order valence-electron chi connectivity index (χ3n) is 3.42. The Morgan fingerprint density at radius 2 is 2.10 bits per heavy atom. The maximum absolute atomic E-state index is 9.10. The molecule has 21 heavy (non-hydrogen) atoms. The monoisotopic (exact) mass is 291 g/mol. The van der Waals surface area contributed by atoms with Gasteiger partial charge in [-0.15, -0.1) is 0 Å². The Kier molecular flexibility index (Phi) is 6.30. The van der Waals surface area contributed by atoms with E-state index in [9.17, 15) is 0 Å². The average Bonchev–Trinajstić information content (AvgIpc) is 2.82. The highest BCUT2D eigenvalue weighted by Crippen LogP contribution is 2.35. The van der Waals surface area contributed by atoms with E-state index in [0.717, 1.165) is 12.8 Å². The van der Waals surface area contributed by atoms with Crippen molar-refractivity contribution in [3.05, 3.63) is 30.1 Å². The van der Waals surface area contributed by atoms with Crippen LogP contribution in [0, 0.1) is 11.3 Å². The maximum Gasteiger partial charge on any atom is 0.414 e. The van der Waals surface area contributed by atoms with Gasteiger partial charge in [0.15, 0.2) is 0 Å². The lowest BCUT2D eigenvalue weighted by molar-refractivity contribution is -0.159. The molecule has 0 radical (unpaired) electrons. The molecule has 2 N–H and O–H groups in total. The first-order valence-corrected chi connectivity index (χ1v) is 6.42. The smallest absolute Gasteiger partial charge is 0.414 e. The second-order valence-corrected chi connectivity index (χ2v) is 4.67. The molecule has 1 unspecified atom stereocenters. The zero-order valence-electron chi connectivity index (χ0n) is 11.6. The first kappa shape index (κ1) is 16.6. The fourth-order valence-electron chi connectivity index (χ4n) is 2.34. The van der Waals surface area contributed by atoms with Gasteiger partial charge in [0, 0.05) is 24.5 Å². The van der Waals surface area contributed by atoms with Gasteiger partial charge in [0.25, 0.3) is 0 Å². The lowest BCUT2D eigenvalue weighted by atomic mass is 10.1. The number of carboxylic acid groups (broad SMARTS) is 2. The van der Waals surface area contributed by atoms with Crippen LogP contribution < -0.4 is 0 Å². The molecule has 0 bridgehead atoms. The van der Waals surface area contributed by atoms with Gasteiger partial charge in [0.1, 0.15) is 0 Å². The predicted molar refractivity (Wildman–Crippen MR) is 73.3 cm³/mol. The van der Waals surface area contributed by atoms with E-state index in [1.165, 1.54) is 5.56 Å². The highest BCUT2D eigenvalue weighted by Gasteiger charge is 2.30. The quantitative estimate of drug-likeness (QED) is 0.789. The van der Waals surface area contributed by atoms with Crippen molar-refractivity contribution in [1.29, 1.82) is 5.26 Å². The lowest BCUT2D eigenvalue weighted by Crippen LogP contribution is -2.27. The van der Waals surface area contributed by atoms with Crippen molar-refractivity contribution < 1.29 is 19.8 Å². The summed E-state index contributed by atoms with van der Waals surface area (Å²) in [5.74, 6) is -3.65. The molecule has 1 aromatic rings. The number of nitriles is 1. The van der Waals surface area contributed by atoms with Crippen molar-refractivity contribution in [3.8, 4) is 6.07 Å². The molecule has 112 valence electrons. The van der Waals surface area contributed by atoms with Gasteiger partial charge in [-0.2, -0.15) is 5.26 Å². The van der Waals surface area contributed by atoms with E-state index in [1.54, 1.807) is 6.20 Å². The van der Waals surface area contributed by atoms with E-state index in [1.807, 2.05) is 12.3 Å². The van der Waals surface area contributed by atoms with Crippen molar-refractivity contribution in [2.75, 3.05) is 7.05 Å². The van der Waals surface area contributed by atoms with Crippen LogP contribution in [0.3, 0.4) is 0 Å². The van der Waals surface area contributed by atoms with Crippen LogP contribution in [0.15, 0.2) is 24.5 Å². The molecule has 0 spiro atoms. The number of hydrogen-bond acceptors (Lipinski definition) is 5.